The number of amides is 1. The number of nitrogens with zero attached hydrogens (tertiary/aromatic N) is 1. The van der Waals surface area contributed by atoms with E-state index in [1.807, 2.05) is 23.0 Å². The molecule has 14 heavy (non-hydrogen) atoms. The van der Waals surface area contributed by atoms with Gasteiger partial charge in [0.05, 0.1) is 6.10 Å². The van der Waals surface area contributed by atoms with Crippen molar-refractivity contribution in [1.82, 2.24) is 4.90 Å². The second-order valence-corrected chi connectivity index (χ2v) is 4.84. The smallest absolute Gasteiger partial charge is 0.248 e. The summed E-state index contributed by atoms with van der Waals surface area (Å²) in [6.07, 6.45) is 1.02. The van der Waals surface area contributed by atoms with E-state index in [2.05, 4.69) is 13.8 Å². The Hall–Kier alpha value is 0.120. The van der Waals surface area contributed by atoms with Gasteiger partial charge >= 0.3 is 0 Å². The zero-order valence-electron chi connectivity index (χ0n) is 8.49. The van der Waals surface area contributed by atoms with Crippen molar-refractivity contribution in [2.45, 2.75) is 26.4 Å². The first kappa shape index (κ1) is 12.2. The van der Waals surface area contributed by atoms with Crippen LogP contribution in [0.15, 0.2) is 0 Å². The van der Waals surface area contributed by atoms with Gasteiger partial charge in [0.1, 0.15) is 29.6 Å². The van der Waals surface area contributed by atoms with Gasteiger partial charge < -0.3 is 13.1 Å². The first-order valence-corrected chi connectivity index (χ1v) is 5.55. The van der Waals surface area contributed by atoms with Crippen LogP contribution in [0.25, 0.3) is 0 Å². The average Bonchev–Trinajstić information content (AvgIpc) is 2.15. The van der Waals surface area contributed by atoms with E-state index in [-0.39, 0.29) is 17.4 Å². The summed E-state index contributed by atoms with van der Waals surface area (Å²) in [6, 6.07) is 0. The Morgan fingerprint density at radius 2 is 2.36 bits per heavy atom. The molecule has 4 nitrogen and oxygen atoms in total. The number of halogens is 1. The predicted octanol–water partition coefficient (Wildman–Crippen LogP) is 0.972. The number of rotatable bonds is 2. The van der Waals surface area contributed by atoms with E-state index in [0.29, 0.717) is 13.1 Å². The molecule has 0 aromatic carbocycles. The van der Waals surface area contributed by atoms with E-state index in [4.69, 9.17) is 8.17 Å². The van der Waals surface area contributed by atoms with Crippen LogP contribution < -0.4 is 0 Å². The first-order valence-electron chi connectivity index (χ1n) is 4.67. The molecule has 1 atom stereocenters. The second kappa shape index (κ2) is 4.76. The fourth-order valence-corrected chi connectivity index (χ4v) is 2.76. The maximum Gasteiger partial charge on any atom is 0.248 e. The van der Waals surface area contributed by atoms with Gasteiger partial charge in [-0.2, -0.15) is 0 Å². The molecule has 1 aliphatic rings. The van der Waals surface area contributed by atoms with Crippen molar-refractivity contribution in [2.75, 3.05) is 19.7 Å². The topological polar surface area (TPSA) is 49.8 Å². The highest BCUT2D eigenvalue weighted by Crippen LogP contribution is 2.32. The van der Waals surface area contributed by atoms with E-state index >= 15 is 0 Å². The lowest BCUT2D eigenvalue weighted by Gasteiger charge is -2.42. The van der Waals surface area contributed by atoms with Crippen LogP contribution in [0.3, 0.4) is 0 Å². The van der Waals surface area contributed by atoms with Crippen LogP contribution in [-0.2, 0) is 7.86 Å². The third-order valence-electron chi connectivity index (χ3n) is 2.73. The van der Waals surface area contributed by atoms with E-state index in [1.54, 1.807) is 4.90 Å². The van der Waals surface area contributed by atoms with E-state index < -0.39 is 6.61 Å². The van der Waals surface area contributed by atoms with Gasteiger partial charge in [-0.15, -0.1) is 0 Å². The number of hydrogen-bond donors (Lipinski definition) is 1. The number of aliphatic hydroxyl groups is 1. The molecule has 0 bridgehead atoms. The third-order valence-corrected chi connectivity index (χ3v) is 3.34. The van der Waals surface area contributed by atoms with E-state index in [9.17, 15) is 4.79 Å². The summed E-state index contributed by atoms with van der Waals surface area (Å²) in [5, 5.41) is 8.76. The lowest BCUT2D eigenvalue weighted by Crippen LogP contribution is -2.51. The summed E-state index contributed by atoms with van der Waals surface area (Å²) in [6.45, 7) is 5.09. The first-order chi connectivity index (χ1) is 6.51. The van der Waals surface area contributed by atoms with Gasteiger partial charge in [0.2, 0.25) is 5.91 Å². The van der Waals surface area contributed by atoms with Gasteiger partial charge in [-0.3, -0.25) is 4.79 Å². The highest BCUT2D eigenvalue weighted by atomic mass is 127. The Morgan fingerprint density at radius 1 is 1.71 bits per heavy atom. The molecular weight excluding hydrogens is 297 g/mol. The number of hydrogen-bond acceptors (Lipinski definition) is 3. The zero-order chi connectivity index (χ0) is 10.8. The number of piperidine rings is 1. The summed E-state index contributed by atoms with van der Waals surface area (Å²) >= 11 is 1.91. The molecule has 1 rings (SSSR count). The molecule has 82 valence electrons. The Balaban J connectivity index is 2.62. The molecule has 1 unspecified atom stereocenters. The molecule has 1 heterocycles. The fourth-order valence-electron chi connectivity index (χ4n) is 1.81. The van der Waals surface area contributed by atoms with Crippen molar-refractivity contribution in [3.05, 3.63) is 0 Å². The van der Waals surface area contributed by atoms with Crippen LogP contribution in [0.1, 0.15) is 20.3 Å². The zero-order valence-corrected chi connectivity index (χ0v) is 10.7. The molecule has 5 heteroatoms. The summed E-state index contributed by atoms with van der Waals surface area (Å²) < 4.78 is 5.34. The number of carbonyl (C=O) groups is 1. The minimum atomic E-state index is -0.397. The molecule has 1 aliphatic heterocycles. The van der Waals surface area contributed by atoms with Gasteiger partial charge in [-0.1, -0.05) is 13.8 Å². The van der Waals surface area contributed by atoms with Gasteiger partial charge in [-0.25, -0.2) is 0 Å². The molecular formula is C9H16INO3. The number of aliphatic hydroxyl groups excluding tert-OH is 1. The average molecular weight is 313 g/mol. The van der Waals surface area contributed by atoms with Crippen LogP contribution in [-0.4, -0.2) is 41.7 Å². The third kappa shape index (κ3) is 2.58. The minimum Gasteiger partial charge on any atom is -0.387 e. The van der Waals surface area contributed by atoms with Crippen LogP contribution in [0.5, 0.6) is 0 Å². The standard InChI is InChI=1S/C9H16INO3/c1-9(2)6-11(8(13)5-12)4-3-7(9)14-10/h7,12H,3-6H2,1-2H3. The molecule has 1 fully saturated rings. The second-order valence-electron chi connectivity index (χ2n) is 4.33. The lowest BCUT2D eigenvalue weighted by atomic mass is 9.81. The maximum absolute atomic E-state index is 11.3. The molecule has 0 radical (unpaired) electrons. The normalized spacial score (nSPS) is 26.3. The largest absolute Gasteiger partial charge is 0.387 e. The van der Waals surface area contributed by atoms with Crippen molar-refractivity contribution in [2.24, 2.45) is 5.41 Å². The monoisotopic (exact) mass is 313 g/mol. The van der Waals surface area contributed by atoms with Gasteiger partial charge in [0.15, 0.2) is 0 Å². The molecule has 1 N–H and O–H groups in total. The summed E-state index contributed by atoms with van der Waals surface area (Å²) in [4.78, 5) is 13.0. The molecule has 0 aliphatic carbocycles. The van der Waals surface area contributed by atoms with Crippen molar-refractivity contribution in [3.8, 4) is 0 Å². The van der Waals surface area contributed by atoms with E-state index in [1.165, 1.54) is 0 Å². The lowest BCUT2D eigenvalue weighted by molar-refractivity contribution is -0.139. The quantitative estimate of drug-likeness (QED) is 0.773. The highest BCUT2D eigenvalue weighted by Gasteiger charge is 2.37. The van der Waals surface area contributed by atoms with Crippen molar-refractivity contribution in [3.63, 3.8) is 0 Å². The highest BCUT2D eigenvalue weighted by molar-refractivity contribution is 14.1. The molecule has 0 spiro atoms. The maximum atomic E-state index is 11.3. The SMILES string of the molecule is CC1(C)CN(C(=O)CO)CCC1OI. The number of likely N-dealkylation sites (tertiary alicyclic amines) is 1. The molecule has 0 aromatic rings. The molecule has 1 saturated heterocycles. The van der Waals surface area contributed by atoms with Gasteiger partial charge in [0.25, 0.3) is 0 Å². The summed E-state index contributed by atoms with van der Waals surface area (Å²) in [5.74, 6) is -0.190. The van der Waals surface area contributed by atoms with Gasteiger partial charge in [-0.05, 0) is 6.42 Å². The van der Waals surface area contributed by atoms with Crippen molar-refractivity contribution < 1.29 is 13.0 Å². The van der Waals surface area contributed by atoms with Crippen LogP contribution >= 0.6 is 23.0 Å². The van der Waals surface area contributed by atoms with Crippen molar-refractivity contribution >= 4 is 28.9 Å². The molecule has 0 saturated carbocycles. The van der Waals surface area contributed by atoms with Crippen LogP contribution in [0.2, 0.25) is 0 Å². The Morgan fingerprint density at radius 3 is 2.79 bits per heavy atom. The Bertz CT molecular complexity index is 220. The minimum absolute atomic E-state index is 0.0374. The van der Waals surface area contributed by atoms with Crippen LogP contribution in [0, 0.1) is 5.41 Å². The Labute approximate surface area is 98.3 Å². The van der Waals surface area contributed by atoms with Gasteiger partial charge in [0, 0.05) is 18.5 Å². The predicted molar refractivity (Wildman–Crippen MR) is 61.0 cm³/mol. The fraction of sp³-hybridized carbons (Fsp3) is 0.889. The van der Waals surface area contributed by atoms with Crippen LogP contribution in [0.4, 0.5) is 0 Å². The summed E-state index contributed by atoms with van der Waals surface area (Å²) in [5.41, 5.74) is -0.0374. The molecule has 0 aromatic heterocycles. The number of carbonyl (C=O) groups excluding carboxylic acids is 1. The van der Waals surface area contributed by atoms with E-state index in [0.717, 1.165) is 6.42 Å². The summed E-state index contributed by atoms with van der Waals surface area (Å²) in [7, 11) is 0. The molecule has 1 amide bonds. The van der Waals surface area contributed by atoms with Crippen molar-refractivity contribution in [1.29, 1.82) is 0 Å². The Kier molecular flexibility index (Phi) is 4.15.